The minimum Gasteiger partial charge on any atom is -0.345 e. The highest BCUT2D eigenvalue weighted by atomic mass is 14.9. The van der Waals surface area contributed by atoms with Crippen molar-refractivity contribution < 1.29 is 0 Å². The van der Waals surface area contributed by atoms with Gasteiger partial charge in [0.2, 0.25) is 0 Å². The molecule has 0 aromatic carbocycles. The van der Waals surface area contributed by atoms with Crippen LogP contribution in [0.2, 0.25) is 0 Å². The second kappa shape index (κ2) is 18.5. The smallest absolute Gasteiger partial charge is 0.132 e. The molecule has 0 amide bonds. The highest BCUT2D eigenvalue weighted by Gasteiger charge is 1.92. The molecule has 0 bridgehead atoms. The lowest BCUT2D eigenvalue weighted by atomic mass is 10.3. The van der Waals surface area contributed by atoms with E-state index in [1.54, 1.807) is 6.20 Å². The molecule has 0 spiro atoms. The third-order valence-electron chi connectivity index (χ3n) is 1.30. The third-order valence-corrected chi connectivity index (χ3v) is 1.30. The van der Waals surface area contributed by atoms with Crippen LogP contribution in [0, 0.1) is 0 Å². The minimum atomic E-state index is 0.956. The summed E-state index contributed by atoms with van der Waals surface area (Å²) in [5.41, 5.74) is 1.18. The zero-order chi connectivity index (χ0) is 12.7. The quantitative estimate of drug-likeness (QED) is 0.669. The zero-order valence-electron chi connectivity index (χ0n) is 11.1. The summed E-state index contributed by atoms with van der Waals surface area (Å²) in [4.78, 5) is 7.07. The van der Waals surface area contributed by atoms with Gasteiger partial charge in [-0.05, 0) is 19.4 Å². The largest absolute Gasteiger partial charge is 0.345 e. The van der Waals surface area contributed by atoms with Crippen molar-refractivity contribution in [2.45, 2.75) is 41.5 Å². The lowest BCUT2D eigenvalue weighted by Crippen LogP contribution is -1.79. The number of rotatable bonds is 1. The molecule has 0 unspecified atom stereocenters. The Kier molecular flexibility index (Phi) is 23.8. The summed E-state index contributed by atoms with van der Waals surface area (Å²) in [5.74, 6) is 0.956. The van der Waals surface area contributed by atoms with Crippen LogP contribution in [-0.2, 0) is 0 Å². The van der Waals surface area contributed by atoms with E-state index in [1.807, 2.05) is 53.8 Å². The van der Waals surface area contributed by atoms with Gasteiger partial charge in [0, 0.05) is 12.4 Å². The molecule has 0 aliphatic heterocycles. The number of nitrogens with one attached hydrogen (secondary N) is 1. The summed E-state index contributed by atoms with van der Waals surface area (Å²) in [5, 5.41) is 0. The molecule has 1 aromatic heterocycles. The van der Waals surface area contributed by atoms with Gasteiger partial charge in [0.05, 0.1) is 0 Å². The lowest BCUT2D eigenvalue weighted by molar-refractivity contribution is 1.23. The Morgan fingerprint density at radius 1 is 1.27 bits per heavy atom. The van der Waals surface area contributed by atoms with Crippen LogP contribution in [0.4, 0.5) is 0 Å². The molecule has 0 aliphatic carbocycles. The molecule has 1 heterocycles. The van der Waals surface area contributed by atoms with Crippen molar-refractivity contribution in [1.82, 2.24) is 9.97 Å². The average Bonchev–Trinajstić information content (AvgIpc) is 2.89. The molecular formula is C13H26N2. The maximum absolute atomic E-state index is 4.06. The molecule has 1 aromatic rings. The van der Waals surface area contributed by atoms with E-state index in [1.165, 1.54) is 5.57 Å². The van der Waals surface area contributed by atoms with Gasteiger partial charge < -0.3 is 4.98 Å². The standard InChI is InChI=1S/C7H10N2.2C2H6.C2H4/c1-3-6(2)7-8-4-5-9-7;3*1-2/h3-5H,1-2H3,(H,8,9);2*1-2H3;1-2H2/b6-3-;;;. The van der Waals surface area contributed by atoms with Crippen molar-refractivity contribution in [2.75, 3.05) is 0 Å². The van der Waals surface area contributed by atoms with Gasteiger partial charge in [-0.25, -0.2) is 4.98 Å². The van der Waals surface area contributed by atoms with E-state index in [9.17, 15) is 0 Å². The van der Waals surface area contributed by atoms with Gasteiger partial charge in [-0.15, -0.1) is 13.2 Å². The molecule has 0 aliphatic rings. The van der Waals surface area contributed by atoms with Crippen LogP contribution >= 0.6 is 0 Å². The summed E-state index contributed by atoms with van der Waals surface area (Å²) in [6.07, 6.45) is 5.60. The third kappa shape index (κ3) is 10.6. The summed E-state index contributed by atoms with van der Waals surface area (Å²) in [6.45, 7) is 18.0. The van der Waals surface area contributed by atoms with Crippen molar-refractivity contribution in [2.24, 2.45) is 0 Å². The number of hydrogen-bond acceptors (Lipinski definition) is 1. The number of aromatic amines is 1. The summed E-state index contributed by atoms with van der Waals surface area (Å²) in [7, 11) is 0. The summed E-state index contributed by atoms with van der Waals surface area (Å²) < 4.78 is 0. The van der Waals surface area contributed by atoms with E-state index in [0.717, 1.165) is 5.82 Å². The fraction of sp³-hybridized carbons (Fsp3) is 0.462. The minimum absolute atomic E-state index is 0.956. The molecule has 0 atom stereocenters. The van der Waals surface area contributed by atoms with E-state index in [-0.39, 0.29) is 0 Å². The highest BCUT2D eigenvalue weighted by Crippen LogP contribution is 2.04. The topological polar surface area (TPSA) is 28.7 Å². The molecule has 0 saturated heterocycles. The number of H-pyrrole nitrogens is 1. The van der Waals surface area contributed by atoms with Crippen LogP contribution in [0.25, 0.3) is 5.57 Å². The monoisotopic (exact) mass is 210 g/mol. The van der Waals surface area contributed by atoms with E-state index >= 15 is 0 Å². The van der Waals surface area contributed by atoms with Gasteiger partial charge in [-0.2, -0.15) is 0 Å². The predicted octanol–water partition coefficient (Wildman–Crippen LogP) is 4.69. The predicted molar refractivity (Wildman–Crippen MR) is 71.9 cm³/mol. The number of aromatic nitrogens is 2. The zero-order valence-corrected chi connectivity index (χ0v) is 11.1. The van der Waals surface area contributed by atoms with Crippen LogP contribution in [0.3, 0.4) is 0 Å². The normalized spacial score (nSPS) is 8.27. The molecule has 1 rings (SSSR count). The van der Waals surface area contributed by atoms with Crippen LogP contribution < -0.4 is 0 Å². The number of nitrogens with zero attached hydrogens (tertiary/aromatic N) is 1. The Labute approximate surface area is 95.1 Å². The second-order valence-corrected chi connectivity index (χ2v) is 1.91. The van der Waals surface area contributed by atoms with Crippen LogP contribution in [0.15, 0.2) is 31.6 Å². The van der Waals surface area contributed by atoms with Gasteiger partial charge >= 0.3 is 0 Å². The van der Waals surface area contributed by atoms with Crippen molar-refractivity contribution in [1.29, 1.82) is 0 Å². The molecule has 0 radical (unpaired) electrons. The first-order valence-corrected chi connectivity index (χ1v) is 5.47. The van der Waals surface area contributed by atoms with E-state index in [2.05, 4.69) is 23.1 Å². The first kappa shape index (κ1) is 19.3. The Hall–Kier alpha value is -1.31. The lowest BCUT2D eigenvalue weighted by Gasteiger charge is -1.90. The van der Waals surface area contributed by atoms with E-state index in [0.29, 0.717) is 0 Å². The molecule has 2 nitrogen and oxygen atoms in total. The fourth-order valence-corrected chi connectivity index (χ4v) is 0.618. The van der Waals surface area contributed by atoms with Crippen molar-refractivity contribution in [3.63, 3.8) is 0 Å². The summed E-state index contributed by atoms with van der Waals surface area (Å²) in [6, 6.07) is 0. The maximum atomic E-state index is 4.06. The van der Waals surface area contributed by atoms with E-state index in [4.69, 9.17) is 0 Å². The van der Waals surface area contributed by atoms with Gasteiger partial charge in [-0.1, -0.05) is 33.8 Å². The second-order valence-electron chi connectivity index (χ2n) is 1.91. The number of imidazole rings is 1. The number of hydrogen-bond donors (Lipinski definition) is 1. The summed E-state index contributed by atoms with van der Waals surface area (Å²) >= 11 is 0. The van der Waals surface area contributed by atoms with Gasteiger partial charge in [0.1, 0.15) is 5.82 Å². The fourth-order valence-electron chi connectivity index (χ4n) is 0.618. The highest BCUT2D eigenvalue weighted by molar-refractivity contribution is 5.56. The number of allylic oxidation sites excluding steroid dienone is 2. The van der Waals surface area contributed by atoms with Crippen molar-refractivity contribution >= 4 is 5.57 Å². The van der Waals surface area contributed by atoms with Gasteiger partial charge in [-0.3, -0.25) is 0 Å². The molecule has 0 fully saturated rings. The Morgan fingerprint density at radius 2 is 1.73 bits per heavy atom. The van der Waals surface area contributed by atoms with Crippen molar-refractivity contribution in [3.05, 3.63) is 37.5 Å². The van der Waals surface area contributed by atoms with Crippen LogP contribution in [-0.4, -0.2) is 9.97 Å². The molecule has 1 N–H and O–H groups in total. The Morgan fingerprint density at radius 3 is 2.00 bits per heavy atom. The average molecular weight is 210 g/mol. The Balaban J connectivity index is -0.000000208. The first-order valence-electron chi connectivity index (χ1n) is 5.47. The SMILES string of the molecule is C/C=C(/C)c1ncc[nH]1.C=C.CC.CC. The molecule has 15 heavy (non-hydrogen) atoms. The molecule has 88 valence electrons. The van der Waals surface area contributed by atoms with E-state index < -0.39 is 0 Å². The molecule has 2 heteroatoms. The van der Waals surface area contributed by atoms with Gasteiger partial charge in [0.15, 0.2) is 0 Å². The van der Waals surface area contributed by atoms with Crippen LogP contribution in [0.5, 0.6) is 0 Å². The van der Waals surface area contributed by atoms with Crippen LogP contribution in [0.1, 0.15) is 47.4 Å². The Bertz CT molecular complexity index is 210. The molecular weight excluding hydrogens is 184 g/mol. The first-order chi connectivity index (χ1) is 7.34. The van der Waals surface area contributed by atoms with Gasteiger partial charge in [0.25, 0.3) is 0 Å². The van der Waals surface area contributed by atoms with Crippen molar-refractivity contribution in [3.8, 4) is 0 Å². The molecule has 0 saturated carbocycles. The maximum Gasteiger partial charge on any atom is 0.132 e.